The number of nitrogens with zero attached hydrogens (tertiary/aromatic N) is 1. The fraction of sp³-hybridized carbons (Fsp3) is 0.588. The van der Waals surface area contributed by atoms with Gasteiger partial charge >= 0.3 is 0 Å². The summed E-state index contributed by atoms with van der Waals surface area (Å²) in [6, 6.07) is 7.66. The summed E-state index contributed by atoms with van der Waals surface area (Å²) >= 11 is 6.02. The van der Waals surface area contributed by atoms with E-state index in [-0.39, 0.29) is 5.54 Å². The average molecular weight is 294 g/mol. The van der Waals surface area contributed by atoms with Gasteiger partial charge in [-0.2, -0.15) is 0 Å². The number of rotatable bonds is 6. The molecule has 0 N–H and O–H groups in total. The van der Waals surface area contributed by atoms with Crippen LogP contribution in [0.3, 0.4) is 0 Å². The molecule has 2 rings (SSSR count). The quantitative estimate of drug-likeness (QED) is 0.787. The zero-order chi connectivity index (χ0) is 14.6. The van der Waals surface area contributed by atoms with E-state index in [9.17, 15) is 4.79 Å². The lowest BCUT2D eigenvalue weighted by Crippen LogP contribution is -2.53. The topological polar surface area (TPSA) is 20.3 Å². The lowest BCUT2D eigenvalue weighted by molar-refractivity contribution is -0.130. The lowest BCUT2D eigenvalue weighted by atomic mass is 9.83. The molecule has 0 unspecified atom stereocenters. The van der Waals surface area contributed by atoms with Crippen LogP contribution in [0.15, 0.2) is 24.3 Å². The molecular formula is C17H24ClNO. The molecule has 20 heavy (non-hydrogen) atoms. The van der Waals surface area contributed by atoms with Crippen LogP contribution in [0.4, 0.5) is 0 Å². The Kier molecular flexibility index (Phi) is 5.22. The molecule has 1 aromatic carbocycles. The molecule has 1 aliphatic heterocycles. The van der Waals surface area contributed by atoms with E-state index in [1.807, 2.05) is 24.3 Å². The van der Waals surface area contributed by atoms with Crippen molar-refractivity contribution in [3.63, 3.8) is 0 Å². The molecule has 1 aromatic rings. The van der Waals surface area contributed by atoms with Crippen LogP contribution in [0.1, 0.15) is 45.1 Å². The summed E-state index contributed by atoms with van der Waals surface area (Å²) in [6.45, 7) is 6.39. The summed E-state index contributed by atoms with van der Waals surface area (Å²) < 4.78 is 0. The standard InChI is InChI=1S/C17H24ClNO/c1-3-17(4-2,19-10-5-6-11-19)16(20)13-14-8-7-9-15(18)12-14/h7-9,12H,3-6,10-11,13H2,1-2H3. The van der Waals surface area contributed by atoms with Gasteiger partial charge in [0.25, 0.3) is 0 Å². The molecule has 2 nitrogen and oxygen atoms in total. The highest BCUT2D eigenvalue weighted by Crippen LogP contribution is 2.30. The van der Waals surface area contributed by atoms with E-state index in [0.717, 1.165) is 31.5 Å². The zero-order valence-corrected chi connectivity index (χ0v) is 13.2. The third-order valence-corrected chi connectivity index (χ3v) is 4.89. The summed E-state index contributed by atoms with van der Waals surface area (Å²) in [4.78, 5) is 15.3. The molecule has 0 saturated carbocycles. The second kappa shape index (κ2) is 6.73. The summed E-state index contributed by atoms with van der Waals surface area (Å²) in [7, 11) is 0. The number of ketones is 1. The van der Waals surface area contributed by atoms with Crippen LogP contribution in [-0.2, 0) is 11.2 Å². The van der Waals surface area contributed by atoms with Crippen LogP contribution < -0.4 is 0 Å². The van der Waals surface area contributed by atoms with Crippen molar-refractivity contribution in [3.8, 4) is 0 Å². The van der Waals surface area contributed by atoms with Crippen LogP contribution in [0.5, 0.6) is 0 Å². The van der Waals surface area contributed by atoms with E-state index in [1.165, 1.54) is 12.8 Å². The van der Waals surface area contributed by atoms with Crippen molar-refractivity contribution in [2.45, 2.75) is 51.5 Å². The molecule has 1 saturated heterocycles. The highest BCUT2D eigenvalue weighted by Gasteiger charge is 2.41. The summed E-state index contributed by atoms with van der Waals surface area (Å²) in [6.07, 6.45) is 4.70. The molecule has 0 bridgehead atoms. The fourth-order valence-corrected chi connectivity index (χ4v) is 3.62. The van der Waals surface area contributed by atoms with E-state index >= 15 is 0 Å². The monoisotopic (exact) mass is 293 g/mol. The maximum atomic E-state index is 12.9. The Labute approximate surface area is 127 Å². The molecule has 0 aromatic heterocycles. The Morgan fingerprint density at radius 3 is 2.45 bits per heavy atom. The van der Waals surface area contributed by atoms with Crippen LogP contribution >= 0.6 is 11.6 Å². The van der Waals surface area contributed by atoms with Crippen molar-refractivity contribution in [3.05, 3.63) is 34.9 Å². The first kappa shape index (κ1) is 15.5. The Bertz CT molecular complexity index is 462. The molecule has 0 radical (unpaired) electrons. The van der Waals surface area contributed by atoms with Crippen LogP contribution in [0, 0.1) is 0 Å². The first-order valence-corrected chi connectivity index (χ1v) is 8.03. The van der Waals surface area contributed by atoms with Crippen molar-refractivity contribution < 1.29 is 4.79 Å². The molecule has 110 valence electrons. The predicted molar refractivity (Wildman–Crippen MR) is 84.3 cm³/mol. The van der Waals surface area contributed by atoms with Crippen LogP contribution in [-0.4, -0.2) is 29.3 Å². The summed E-state index contributed by atoms with van der Waals surface area (Å²) in [5, 5.41) is 0.704. The maximum absolute atomic E-state index is 12.9. The summed E-state index contributed by atoms with van der Waals surface area (Å²) in [5.74, 6) is 0.340. The van der Waals surface area contributed by atoms with Crippen LogP contribution in [0.2, 0.25) is 5.02 Å². The highest BCUT2D eigenvalue weighted by molar-refractivity contribution is 6.30. The normalized spacial score (nSPS) is 16.6. The lowest BCUT2D eigenvalue weighted by Gasteiger charge is -2.39. The minimum atomic E-state index is -0.279. The predicted octanol–water partition coefficient (Wildman–Crippen LogP) is 4.11. The molecule has 3 heteroatoms. The van der Waals surface area contributed by atoms with E-state index in [4.69, 9.17) is 11.6 Å². The Balaban J connectivity index is 2.18. The van der Waals surface area contributed by atoms with Crippen molar-refractivity contribution in [1.29, 1.82) is 0 Å². The molecule has 1 heterocycles. The Morgan fingerprint density at radius 2 is 1.90 bits per heavy atom. The van der Waals surface area contributed by atoms with Gasteiger partial charge in [-0.25, -0.2) is 0 Å². The zero-order valence-electron chi connectivity index (χ0n) is 12.5. The molecular weight excluding hydrogens is 270 g/mol. The number of benzene rings is 1. The number of carbonyl (C=O) groups excluding carboxylic acids is 1. The van der Waals surface area contributed by atoms with Gasteiger partial charge in [0.2, 0.25) is 0 Å². The second-order valence-corrected chi connectivity index (χ2v) is 6.10. The summed E-state index contributed by atoms with van der Waals surface area (Å²) in [5.41, 5.74) is 0.742. The highest BCUT2D eigenvalue weighted by atomic mass is 35.5. The Hall–Kier alpha value is -0.860. The molecule has 0 amide bonds. The van der Waals surface area contributed by atoms with E-state index in [0.29, 0.717) is 17.2 Å². The van der Waals surface area contributed by atoms with Crippen molar-refractivity contribution >= 4 is 17.4 Å². The Morgan fingerprint density at radius 1 is 1.25 bits per heavy atom. The molecule has 0 atom stereocenters. The van der Waals surface area contributed by atoms with Gasteiger partial charge in [0.05, 0.1) is 5.54 Å². The minimum Gasteiger partial charge on any atom is -0.297 e. The number of halogens is 1. The molecule has 0 spiro atoms. The van der Waals surface area contributed by atoms with Gasteiger partial charge < -0.3 is 0 Å². The van der Waals surface area contributed by atoms with Gasteiger partial charge in [0, 0.05) is 11.4 Å². The van der Waals surface area contributed by atoms with Gasteiger partial charge in [0.15, 0.2) is 5.78 Å². The minimum absolute atomic E-state index is 0.279. The number of hydrogen-bond donors (Lipinski definition) is 0. The SMILES string of the molecule is CCC(CC)(C(=O)Cc1cccc(Cl)c1)N1CCCC1. The number of hydrogen-bond acceptors (Lipinski definition) is 2. The van der Waals surface area contributed by atoms with Gasteiger partial charge in [-0.1, -0.05) is 37.6 Å². The first-order chi connectivity index (χ1) is 9.62. The molecule has 0 aliphatic carbocycles. The van der Waals surface area contributed by atoms with E-state index in [1.54, 1.807) is 0 Å². The smallest absolute Gasteiger partial charge is 0.157 e. The van der Waals surface area contributed by atoms with Crippen molar-refractivity contribution in [2.75, 3.05) is 13.1 Å². The van der Waals surface area contributed by atoms with Gasteiger partial charge in [0.1, 0.15) is 0 Å². The third kappa shape index (κ3) is 3.07. The number of likely N-dealkylation sites (tertiary alicyclic amines) is 1. The first-order valence-electron chi connectivity index (χ1n) is 7.65. The average Bonchev–Trinajstić information content (AvgIpc) is 2.95. The van der Waals surface area contributed by atoms with Gasteiger partial charge in [-0.15, -0.1) is 0 Å². The second-order valence-electron chi connectivity index (χ2n) is 5.66. The van der Waals surface area contributed by atoms with Gasteiger partial charge in [-0.3, -0.25) is 9.69 Å². The van der Waals surface area contributed by atoms with Gasteiger partial charge in [-0.05, 0) is 56.5 Å². The molecule has 1 aliphatic rings. The fourth-order valence-electron chi connectivity index (χ4n) is 3.41. The number of carbonyl (C=O) groups is 1. The number of Topliss-reactive ketones (excluding diaryl/α,β-unsaturated/α-hetero) is 1. The molecule has 1 fully saturated rings. The van der Waals surface area contributed by atoms with Crippen LogP contribution in [0.25, 0.3) is 0 Å². The maximum Gasteiger partial charge on any atom is 0.157 e. The van der Waals surface area contributed by atoms with Crippen molar-refractivity contribution in [2.24, 2.45) is 0 Å². The largest absolute Gasteiger partial charge is 0.297 e. The van der Waals surface area contributed by atoms with E-state index < -0.39 is 0 Å². The van der Waals surface area contributed by atoms with Crippen molar-refractivity contribution in [1.82, 2.24) is 4.90 Å². The van der Waals surface area contributed by atoms with E-state index in [2.05, 4.69) is 18.7 Å². The third-order valence-electron chi connectivity index (χ3n) is 4.65.